The van der Waals surface area contributed by atoms with E-state index in [4.69, 9.17) is 19.3 Å². The first-order valence-corrected chi connectivity index (χ1v) is 11.1. The van der Waals surface area contributed by atoms with Crippen molar-refractivity contribution in [3.8, 4) is 11.1 Å². The van der Waals surface area contributed by atoms with Gasteiger partial charge in [0.05, 0.1) is 13.2 Å². The lowest BCUT2D eigenvalue weighted by Crippen LogP contribution is -2.61. The molecule has 34 heavy (non-hydrogen) atoms. The van der Waals surface area contributed by atoms with Gasteiger partial charge in [-0.15, -0.1) is 0 Å². The molecule has 0 bridgehead atoms. The van der Waals surface area contributed by atoms with Gasteiger partial charge in [0.2, 0.25) is 5.91 Å². The fourth-order valence-electron chi connectivity index (χ4n) is 4.15. The molecular weight excluding hydrogens is 440 g/mol. The normalized spacial score (nSPS) is 13.9. The van der Waals surface area contributed by atoms with Crippen LogP contribution in [0.1, 0.15) is 30.4 Å². The van der Waals surface area contributed by atoms with E-state index in [2.05, 4.69) is 22.8 Å². The van der Waals surface area contributed by atoms with E-state index in [9.17, 15) is 14.4 Å². The Morgan fingerprint density at radius 2 is 1.65 bits per heavy atom. The van der Waals surface area contributed by atoms with Gasteiger partial charge in [0, 0.05) is 19.6 Å². The number of carboxylic acid groups (broad SMARTS) is 1. The third-order valence-corrected chi connectivity index (χ3v) is 5.87. The second kappa shape index (κ2) is 11.6. The zero-order valence-electron chi connectivity index (χ0n) is 19.3. The maximum absolute atomic E-state index is 12.9. The highest BCUT2D eigenvalue weighted by Crippen LogP contribution is 2.44. The van der Waals surface area contributed by atoms with E-state index in [1.807, 2.05) is 36.4 Å². The topological polar surface area (TPSA) is 123 Å². The number of carbonyl (C=O) groups excluding carboxylic acids is 2. The van der Waals surface area contributed by atoms with Gasteiger partial charge in [-0.1, -0.05) is 55.5 Å². The van der Waals surface area contributed by atoms with Crippen molar-refractivity contribution in [1.29, 1.82) is 0 Å². The van der Waals surface area contributed by atoms with E-state index < -0.39 is 30.1 Å². The maximum atomic E-state index is 12.9. The smallest absolute Gasteiger partial charge is 0.408 e. The summed E-state index contributed by atoms with van der Waals surface area (Å²) in [5.74, 6) is -1.66. The number of benzene rings is 2. The van der Waals surface area contributed by atoms with Crippen molar-refractivity contribution in [2.24, 2.45) is 0 Å². The third-order valence-electron chi connectivity index (χ3n) is 5.87. The summed E-state index contributed by atoms with van der Waals surface area (Å²) >= 11 is 0. The second-order valence-corrected chi connectivity index (χ2v) is 8.02. The van der Waals surface area contributed by atoms with E-state index in [0.29, 0.717) is 0 Å². The summed E-state index contributed by atoms with van der Waals surface area (Å²) < 4.78 is 15.7. The van der Waals surface area contributed by atoms with Gasteiger partial charge in [0.25, 0.3) is 0 Å². The molecule has 9 nitrogen and oxygen atoms in total. The molecule has 3 rings (SSSR count). The van der Waals surface area contributed by atoms with Crippen molar-refractivity contribution in [2.75, 3.05) is 40.1 Å². The van der Waals surface area contributed by atoms with Gasteiger partial charge in [-0.05, 0) is 28.7 Å². The van der Waals surface area contributed by atoms with Crippen LogP contribution in [-0.2, 0) is 23.8 Å². The minimum Gasteiger partial charge on any atom is -0.480 e. The highest BCUT2D eigenvalue weighted by Gasteiger charge is 2.39. The fourth-order valence-corrected chi connectivity index (χ4v) is 4.15. The van der Waals surface area contributed by atoms with Gasteiger partial charge in [-0.2, -0.15) is 0 Å². The van der Waals surface area contributed by atoms with Crippen LogP contribution < -0.4 is 10.6 Å². The lowest BCUT2D eigenvalue weighted by Gasteiger charge is -2.31. The van der Waals surface area contributed by atoms with Crippen LogP contribution in [0.5, 0.6) is 0 Å². The molecule has 1 aliphatic rings. The van der Waals surface area contributed by atoms with Gasteiger partial charge in [0.1, 0.15) is 18.8 Å². The molecule has 2 amide bonds. The van der Waals surface area contributed by atoms with Gasteiger partial charge in [-0.25, -0.2) is 9.59 Å². The number of rotatable bonds is 12. The average Bonchev–Trinajstić information content (AvgIpc) is 3.15. The molecule has 0 heterocycles. The lowest BCUT2D eigenvalue weighted by atomic mass is 9.96. The first-order valence-electron chi connectivity index (χ1n) is 11.1. The molecule has 1 unspecified atom stereocenters. The number of nitrogens with one attached hydrogen (secondary N) is 2. The first kappa shape index (κ1) is 25.2. The Morgan fingerprint density at radius 3 is 2.21 bits per heavy atom. The van der Waals surface area contributed by atoms with Crippen LogP contribution in [0.4, 0.5) is 4.79 Å². The Balaban J connectivity index is 1.63. The number of hydrogen-bond acceptors (Lipinski definition) is 6. The number of methoxy groups -OCH3 is 1. The standard InChI is InChI=1S/C25H30N2O7/c1-3-25(16-32-2,23(30)26-12-13-33-15-22(28)29)27-24(31)34-14-21-19-10-6-4-8-17(19)18-9-5-7-11-20(18)21/h4-11,21H,3,12-16H2,1-2H3,(H,26,30)(H,27,31)(H,28,29). The Labute approximate surface area is 198 Å². The highest BCUT2D eigenvalue weighted by molar-refractivity contribution is 5.90. The van der Waals surface area contributed by atoms with Crippen LogP contribution >= 0.6 is 0 Å². The molecule has 0 fully saturated rings. The molecule has 0 radical (unpaired) electrons. The Hall–Kier alpha value is -3.43. The quantitative estimate of drug-likeness (QED) is 0.407. The average molecular weight is 471 g/mol. The number of hydrogen-bond donors (Lipinski definition) is 3. The molecule has 1 atom stereocenters. The van der Waals surface area contributed by atoms with Crippen LogP contribution in [0.2, 0.25) is 0 Å². The van der Waals surface area contributed by atoms with Crippen LogP contribution in [0.15, 0.2) is 48.5 Å². The van der Waals surface area contributed by atoms with Crippen molar-refractivity contribution in [3.63, 3.8) is 0 Å². The Bertz CT molecular complexity index is 980. The van der Waals surface area contributed by atoms with E-state index >= 15 is 0 Å². The van der Waals surface area contributed by atoms with Gasteiger partial charge in [0.15, 0.2) is 0 Å². The molecule has 0 spiro atoms. The molecule has 1 aliphatic carbocycles. The highest BCUT2D eigenvalue weighted by atomic mass is 16.5. The molecule has 0 saturated carbocycles. The number of carboxylic acids is 1. The van der Waals surface area contributed by atoms with Crippen molar-refractivity contribution in [2.45, 2.75) is 24.8 Å². The summed E-state index contributed by atoms with van der Waals surface area (Å²) in [6.45, 7) is 1.47. The molecule has 182 valence electrons. The summed E-state index contributed by atoms with van der Waals surface area (Å²) in [5, 5.41) is 13.9. The van der Waals surface area contributed by atoms with Gasteiger partial charge in [-0.3, -0.25) is 4.79 Å². The molecule has 9 heteroatoms. The molecule has 0 aromatic heterocycles. The predicted molar refractivity (Wildman–Crippen MR) is 125 cm³/mol. The SMILES string of the molecule is CCC(COC)(NC(=O)OCC1c2ccccc2-c2ccccc21)C(=O)NCCOCC(=O)O. The summed E-state index contributed by atoms with van der Waals surface area (Å²) in [5.41, 5.74) is 3.09. The minimum atomic E-state index is -1.34. The number of alkyl carbamates (subject to hydrolysis) is 1. The Kier molecular flexibility index (Phi) is 8.61. The summed E-state index contributed by atoms with van der Waals surface area (Å²) in [4.78, 5) is 36.2. The van der Waals surface area contributed by atoms with E-state index in [0.717, 1.165) is 22.3 Å². The summed E-state index contributed by atoms with van der Waals surface area (Å²) in [6.07, 6.45) is -0.467. The molecule has 0 saturated heterocycles. The summed E-state index contributed by atoms with van der Waals surface area (Å²) in [7, 11) is 1.44. The summed E-state index contributed by atoms with van der Waals surface area (Å²) in [6, 6.07) is 16.1. The number of aliphatic carboxylic acids is 1. The number of amides is 2. The van der Waals surface area contributed by atoms with Crippen molar-refractivity contribution >= 4 is 18.0 Å². The van der Waals surface area contributed by atoms with E-state index in [1.165, 1.54) is 7.11 Å². The van der Waals surface area contributed by atoms with Crippen LogP contribution in [0.3, 0.4) is 0 Å². The van der Waals surface area contributed by atoms with Crippen molar-refractivity contribution in [3.05, 3.63) is 59.7 Å². The minimum absolute atomic E-state index is 0.0236. The Morgan fingerprint density at radius 1 is 1.03 bits per heavy atom. The largest absolute Gasteiger partial charge is 0.480 e. The first-order chi connectivity index (χ1) is 16.4. The van der Waals surface area contributed by atoms with Gasteiger partial charge >= 0.3 is 12.1 Å². The molecule has 2 aromatic carbocycles. The van der Waals surface area contributed by atoms with Gasteiger partial charge < -0.3 is 30.0 Å². The monoisotopic (exact) mass is 470 g/mol. The van der Waals surface area contributed by atoms with Crippen molar-refractivity contribution < 1.29 is 33.7 Å². The van der Waals surface area contributed by atoms with Crippen molar-refractivity contribution in [1.82, 2.24) is 10.6 Å². The lowest BCUT2D eigenvalue weighted by molar-refractivity contribution is -0.142. The zero-order chi connectivity index (χ0) is 24.6. The van der Waals surface area contributed by atoms with E-state index in [1.54, 1.807) is 6.92 Å². The predicted octanol–water partition coefficient (Wildman–Crippen LogP) is 2.54. The van der Waals surface area contributed by atoms with E-state index in [-0.39, 0.29) is 38.7 Å². The number of ether oxygens (including phenoxy) is 3. The van der Waals surface area contributed by atoms with Crippen LogP contribution in [0, 0.1) is 0 Å². The third kappa shape index (κ3) is 5.73. The fraction of sp³-hybridized carbons (Fsp3) is 0.400. The molecule has 3 N–H and O–H groups in total. The zero-order valence-corrected chi connectivity index (χ0v) is 19.3. The van der Waals surface area contributed by atoms with Crippen LogP contribution in [-0.4, -0.2) is 68.7 Å². The van der Waals surface area contributed by atoms with Crippen LogP contribution in [0.25, 0.3) is 11.1 Å². The number of fused-ring (bicyclic) bond motifs is 3. The molecular formula is C25H30N2O7. The molecule has 2 aromatic rings. The maximum Gasteiger partial charge on any atom is 0.408 e. The second-order valence-electron chi connectivity index (χ2n) is 8.02. The molecule has 0 aliphatic heterocycles. The number of carbonyl (C=O) groups is 3.